The average molecular weight is 382 g/mol. The lowest BCUT2D eigenvalue weighted by Gasteiger charge is -2.25. The molecule has 0 bridgehead atoms. The second-order valence-electron chi connectivity index (χ2n) is 7.44. The van der Waals surface area contributed by atoms with Gasteiger partial charge in [0.25, 0.3) is 0 Å². The van der Waals surface area contributed by atoms with Crippen LogP contribution < -0.4 is 10.6 Å². The van der Waals surface area contributed by atoms with Crippen LogP contribution in [0, 0.1) is 12.7 Å². The van der Waals surface area contributed by atoms with Crippen LogP contribution in [0.15, 0.2) is 18.2 Å². The maximum atomic E-state index is 13.6. The summed E-state index contributed by atoms with van der Waals surface area (Å²) in [6.45, 7) is 2.39. The maximum Gasteiger partial charge on any atom is 0.228 e. The molecule has 1 atom stereocenters. The topological polar surface area (TPSA) is 84.0 Å². The number of hydrogen-bond acceptors (Lipinski definition) is 4. The number of fused-ring (bicyclic) bond motifs is 2. The number of nitrogens with one attached hydrogen (secondary N) is 2. The number of rotatable bonds is 4. The van der Waals surface area contributed by atoms with Crippen molar-refractivity contribution in [3.63, 3.8) is 0 Å². The lowest BCUT2D eigenvalue weighted by atomic mass is 9.89. The van der Waals surface area contributed by atoms with E-state index in [2.05, 4.69) is 20.6 Å². The Hall–Kier alpha value is -2.83. The number of anilines is 1. The zero-order valence-corrected chi connectivity index (χ0v) is 15.8. The molecule has 1 aliphatic heterocycles. The van der Waals surface area contributed by atoms with Gasteiger partial charge in [0.15, 0.2) is 0 Å². The van der Waals surface area contributed by atoms with Gasteiger partial charge in [0.2, 0.25) is 11.8 Å². The van der Waals surface area contributed by atoms with Crippen molar-refractivity contribution in [1.82, 2.24) is 15.3 Å². The molecule has 0 spiro atoms. The first kappa shape index (κ1) is 18.5. The predicted octanol–water partition coefficient (Wildman–Crippen LogP) is 2.59. The van der Waals surface area contributed by atoms with Crippen molar-refractivity contribution in [3.05, 3.63) is 52.4 Å². The molecular weight excluding hydrogens is 359 g/mol. The van der Waals surface area contributed by atoms with Gasteiger partial charge in [-0.15, -0.1) is 0 Å². The first-order chi connectivity index (χ1) is 13.5. The average Bonchev–Trinajstić information content (AvgIpc) is 2.67. The minimum Gasteiger partial charge on any atom is -0.355 e. The zero-order valence-electron chi connectivity index (χ0n) is 15.8. The fourth-order valence-electron chi connectivity index (χ4n) is 4.04. The summed E-state index contributed by atoms with van der Waals surface area (Å²) in [7, 11) is 0. The van der Waals surface area contributed by atoms with E-state index in [0.717, 1.165) is 36.5 Å². The molecule has 1 aliphatic carbocycles. The normalized spacial score (nSPS) is 18.1. The number of halogens is 1. The van der Waals surface area contributed by atoms with E-state index in [1.54, 1.807) is 0 Å². The molecule has 0 radical (unpaired) electrons. The molecule has 7 heteroatoms. The Labute approximate surface area is 163 Å². The molecule has 6 nitrogen and oxygen atoms in total. The third kappa shape index (κ3) is 3.74. The van der Waals surface area contributed by atoms with Crippen LogP contribution in [-0.2, 0) is 28.9 Å². The van der Waals surface area contributed by atoms with E-state index in [1.807, 2.05) is 6.92 Å². The van der Waals surface area contributed by atoms with Crippen molar-refractivity contribution in [1.29, 1.82) is 0 Å². The molecule has 146 valence electrons. The van der Waals surface area contributed by atoms with Crippen molar-refractivity contribution >= 4 is 17.5 Å². The molecule has 1 unspecified atom stereocenters. The van der Waals surface area contributed by atoms with E-state index < -0.39 is 11.7 Å². The minimum atomic E-state index is -0.689. The Morgan fingerprint density at radius 2 is 2.11 bits per heavy atom. The quantitative estimate of drug-likeness (QED) is 0.851. The molecule has 2 N–H and O–H groups in total. The monoisotopic (exact) mass is 382 g/mol. The van der Waals surface area contributed by atoms with Crippen LogP contribution in [0.3, 0.4) is 0 Å². The van der Waals surface area contributed by atoms with Crippen molar-refractivity contribution in [3.8, 4) is 0 Å². The fraction of sp³-hybridized carbons (Fsp3) is 0.429. The van der Waals surface area contributed by atoms with Gasteiger partial charge < -0.3 is 10.6 Å². The first-order valence-electron chi connectivity index (χ1n) is 9.73. The van der Waals surface area contributed by atoms with Crippen LogP contribution in [0.5, 0.6) is 0 Å². The van der Waals surface area contributed by atoms with Gasteiger partial charge in [0.1, 0.15) is 11.6 Å². The van der Waals surface area contributed by atoms with E-state index in [0.29, 0.717) is 24.2 Å². The maximum absolute atomic E-state index is 13.6. The zero-order chi connectivity index (χ0) is 19.7. The summed E-state index contributed by atoms with van der Waals surface area (Å²) in [5.74, 6) is -0.910. The standard InChI is InChI=1S/C21H23FN4O2/c1-12-14-4-2-3-5-17(14)25-19(24-12)8-9-23-21(28)16-11-20(27)26-18-7-6-13(22)10-15(16)18/h6-7,10,16H,2-5,8-9,11H2,1H3,(H,23,28)(H,26,27). The van der Waals surface area contributed by atoms with Gasteiger partial charge in [-0.1, -0.05) is 0 Å². The Bertz CT molecular complexity index is 944. The van der Waals surface area contributed by atoms with E-state index in [1.165, 1.54) is 30.2 Å². The molecule has 28 heavy (non-hydrogen) atoms. The highest BCUT2D eigenvalue weighted by atomic mass is 19.1. The second kappa shape index (κ2) is 7.66. The van der Waals surface area contributed by atoms with Crippen LogP contribution in [0.2, 0.25) is 0 Å². The highest BCUT2D eigenvalue weighted by molar-refractivity contribution is 6.01. The Morgan fingerprint density at radius 1 is 1.29 bits per heavy atom. The summed E-state index contributed by atoms with van der Waals surface area (Å²) in [4.78, 5) is 33.8. The summed E-state index contributed by atoms with van der Waals surface area (Å²) in [5, 5.41) is 5.54. The number of carbonyl (C=O) groups is 2. The van der Waals surface area contributed by atoms with Crippen LogP contribution >= 0.6 is 0 Å². The largest absolute Gasteiger partial charge is 0.355 e. The SMILES string of the molecule is Cc1nc(CCNC(=O)C2CC(=O)Nc3ccc(F)cc32)nc2c1CCCC2. The molecule has 1 aromatic heterocycles. The van der Waals surface area contributed by atoms with Crippen molar-refractivity contribution < 1.29 is 14.0 Å². The van der Waals surface area contributed by atoms with Crippen molar-refractivity contribution in [2.24, 2.45) is 0 Å². The van der Waals surface area contributed by atoms with Gasteiger partial charge in [-0.05, 0) is 61.9 Å². The molecule has 2 aromatic rings. The van der Waals surface area contributed by atoms with Crippen LogP contribution in [0.4, 0.5) is 10.1 Å². The molecule has 0 fully saturated rings. The Morgan fingerprint density at radius 3 is 2.96 bits per heavy atom. The molecular formula is C21H23FN4O2. The summed E-state index contributed by atoms with van der Waals surface area (Å²) in [6, 6.07) is 4.08. The number of amides is 2. The van der Waals surface area contributed by atoms with Crippen LogP contribution in [0.1, 0.15) is 53.5 Å². The highest BCUT2D eigenvalue weighted by Gasteiger charge is 2.31. The third-order valence-corrected chi connectivity index (χ3v) is 5.45. The molecule has 0 saturated heterocycles. The summed E-state index contributed by atoms with van der Waals surface area (Å²) < 4.78 is 13.6. The van der Waals surface area contributed by atoms with Crippen molar-refractivity contribution in [2.45, 2.75) is 51.4 Å². The van der Waals surface area contributed by atoms with Crippen LogP contribution in [0.25, 0.3) is 0 Å². The Balaban J connectivity index is 1.42. The predicted molar refractivity (Wildman–Crippen MR) is 103 cm³/mol. The number of benzene rings is 1. The minimum absolute atomic E-state index is 0.0107. The molecule has 1 aromatic carbocycles. The van der Waals surface area contributed by atoms with Gasteiger partial charge in [0.05, 0.1) is 5.92 Å². The summed E-state index contributed by atoms with van der Waals surface area (Å²) in [5.41, 5.74) is 4.43. The van der Waals surface area contributed by atoms with Gasteiger partial charge >= 0.3 is 0 Å². The van der Waals surface area contributed by atoms with Crippen LogP contribution in [-0.4, -0.2) is 28.3 Å². The number of hydrogen-bond donors (Lipinski definition) is 2. The molecule has 2 amide bonds. The molecule has 2 aliphatic rings. The van der Waals surface area contributed by atoms with Gasteiger partial charge in [-0.3, -0.25) is 9.59 Å². The number of aromatic nitrogens is 2. The van der Waals surface area contributed by atoms with Gasteiger partial charge in [0, 0.05) is 36.5 Å². The lowest BCUT2D eigenvalue weighted by Crippen LogP contribution is -2.36. The van der Waals surface area contributed by atoms with E-state index in [-0.39, 0.29) is 18.2 Å². The first-order valence-corrected chi connectivity index (χ1v) is 9.73. The number of aryl methyl sites for hydroxylation is 2. The summed E-state index contributed by atoms with van der Waals surface area (Å²) >= 11 is 0. The fourth-order valence-corrected chi connectivity index (χ4v) is 4.04. The molecule has 4 rings (SSSR count). The van der Waals surface area contributed by atoms with E-state index >= 15 is 0 Å². The second-order valence-corrected chi connectivity index (χ2v) is 7.44. The molecule has 0 saturated carbocycles. The van der Waals surface area contributed by atoms with E-state index in [4.69, 9.17) is 0 Å². The van der Waals surface area contributed by atoms with Gasteiger partial charge in [-0.25, -0.2) is 14.4 Å². The molecule has 2 heterocycles. The lowest BCUT2D eigenvalue weighted by molar-refractivity contribution is -0.126. The van der Waals surface area contributed by atoms with Crippen molar-refractivity contribution in [2.75, 3.05) is 11.9 Å². The third-order valence-electron chi connectivity index (χ3n) is 5.45. The summed E-state index contributed by atoms with van der Waals surface area (Å²) in [6.07, 6.45) is 4.89. The highest BCUT2D eigenvalue weighted by Crippen LogP contribution is 2.32. The van der Waals surface area contributed by atoms with E-state index in [9.17, 15) is 14.0 Å². The smallest absolute Gasteiger partial charge is 0.228 e. The Kier molecular flexibility index (Phi) is 5.07. The number of nitrogens with zero attached hydrogens (tertiary/aromatic N) is 2. The number of carbonyl (C=O) groups excluding carboxylic acids is 2. The van der Waals surface area contributed by atoms with Gasteiger partial charge in [-0.2, -0.15) is 0 Å².